The van der Waals surface area contributed by atoms with E-state index >= 15 is 0 Å². The van der Waals surface area contributed by atoms with Gasteiger partial charge in [-0.15, -0.1) is 11.3 Å². The molecule has 0 saturated heterocycles. The van der Waals surface area contributed by atoms with Crippen LogP contribution in [0.25, 0.3) is 10.1 Å². The fraction of sp³-hybridized carbons (Fsp3) is 0.111. The summed E-state index contributed by atoms with van der Waals surface area (Å²) in [4.78, 5) is 0. The molecule has 1 aromatic carbocycles. The molecule has 0 fully saturated rings. The largest absolute Gasteiger partial charge is 0.388 e. The van der Waals surface area contributed by atoms with Gasteiger partial charge in [0.2, 0.25) is 0 Å². The molecule has 5 heteroatoms. The Balaban J connectivity index is 2.67. The highest BCUT2D eigenvalue weighted by molar-refractivity contribution is 7.22. The van der Waals surface area contributed by atoms with Crippen LogP contribution in [0.4, 0.5) is 18.2 Å². The van der Waals surface area contributed by atoms with Crippen molar-refractivity contribution in [1.29, 1.82) is 0 Å². The number of hydrogen-bond donors (Lipinski definition) is 1. The summed E-state index contributed by atoms with van der Waals surface area (Å²) in [5.41, 5.74) is 5.22. The highest BCUT2D eigenvalue weighted by atomic mass is 32.1. The molecule has 2 N–H and O–H groups in total. The molecular formula is C9H6F3NS. The molecular weight excluding hydrogens is 211 g/mol. The molecule has 0 atom stereocenters. The summed E-state index contributed by atoms with van der Waals surface area (Å²) in [7, 11) is 0. The molecule has 0 spiro atoms. The van der Waals surface area contributed by atoms with Gasteiger partial charge in [0.05, 0.1) is 0 Å². The van der Waals surface area contributed by atoms with Crippen molar-refractivity contribution in [3.05, 3.63) is 29.6 Å². The topological polar surface area (TPSA) is 26.0 Å². The number of fused-ring (bicyclic) bond motifs is 1. The van der Waals surface area contributed by atoms with Crippen molar-refractivity contribution < 1.29 is 13.2 Å². The van der Waals surface area contributed by atoms with Crippen LogP contribution < -0.4 is 5.73 Å². The maximum Gasteiger partial charge on any atom is 0.263 e. The Hall–Kier alpha value is -1.23. The third kappa shape index (κ3) is 1.33. The Bertz CT molecular complexity index is 478. The van der Waals surface area contributed by atoms with Crippen molar-refractivity contribution in [3.8, 4) is 0 Å². The van der Waals surface area contributed by atoms with E-state index in [1.807, 2.05) is 0 Å². The maximum atomic E-state index is 13.2. The van der Waals surface area contributed by atoms with E-state index in [4.69, 9.17) is 5.73 Å². The van der Waals surface area contributed by atoms with Gasteiger partial charge in [-0.05, 0) is 6.07 Å². The molecule has 14 heavy (non-hydrogen) atoms. The van der Waals surface area contributed by atoms with E-state index < -0.39 is 12.2 Å². The van der Waals surface area contributed by atoms with Crippen LogP contribution in [-0.4, -0.2) is 0 Å². The molecule has 0 amide bonds. The first-order valence-corrected chi connectivity index (χ1v) is 4.67. The van der Waals surface area contributed by atoms with Crippen LogP contribution in [0.5, 0.6) is 0 Å². The zero-order valence-electron chi connectivity index (χ0n) is 6.93. The van der Waals surface area contributed by atoms with Gasteiger partial charge >= 0.3 is 0 Å². The van der Waals surface area contributed by atoms with E-state index in [1.165, 1.54) is 18.2 Å². The van der Waals surface area contributed by atoms with Crippen molar-refractivity contribution in [3.63, 3.8) is 0 Å². The van der Waals surface area contributed by atoms with E-state index in [0.29, 0.717) is 10.1 Å². The Morgan fingerprint density at radius 2 is 2.00 bits per heavy atom. The van der Waals surface area contributed by atoms with Gasteiger partial charge in [0.15, 0.2) is 5.82 Å². The number of nitrogen functional groups attached to an aromatic ring is 1. The highest BCUT2D eigenvalue weighted by Gasteiger charge is 2.12. The zero-order chi connectivity index (χ0) is 10.3. The average molecular weight is 217 g/mol. The maximum absolute atomic E-state index is 13.2. The summed E-state index contributed by atoms with van der Waals surface area (Å²) < 4.78 is 38.2. The third-order valence-corrected chi connectivity index (χ3v) is 2.89. The Morgan fingerprint density at radius 3 is 2.64 bits per heavy atom. The van der Waals surface area contributed by atoms with Gasteiger partial charge < -0.3 is 5.73 Å². The van der Waals surface area contributed by atoms with Gasteiger partial charge in [-0.2, -0.15) is 0 Å². The number of nitrogens with two attached hydrogens (primary N) is 1. The van der Waals surface area contributed by atoms with Gasteiger partial charge in [0.25, 0.3) is 6.43 Å². The molecule has 1 heterocycles. The monoisotopic (exact) mass is 217 g/mol. The summed E-state index contributed by atoms with van der Waals surface area (Å²) >= 11 is 0.980. The van der Waals surface area contributed by atoms with Gasteiger partial charge in [0, 0.05) is 15.6 Å². The minimum absolute atomic E-state index is 0.0337. The molecule has 0 aliphatic heterocycles. The van der Waals surface area contributed by atoms with Gasteiger partial charge in [-0.1, -0.05) is 12.1 Å². The standard InChI is InChI=1S/C9H6F3NS/c10-7-5-2-1-4(8(11)12)3-6(5)14-9(7)13/h1-3,8H,13H2. The Labute approximate surface area is 82.0 Å². The van der Waals surface area contributed by atoms with E-state index in [9.17, 15) is 13.2 Å². The molecule has 2 aromatic rings. The first-order chi connectivity index (χ1) is 6.59. The highest BCUT2D eigenvalue weighted by Crippen LogP contribution is 2.34. The summed E-state index contributed by atoms with van der Waals surface area (Å²) in [6.07, 6.45) is -2.54. The van der Waals surface area contributed by atoms with Crippen LogP contribution in [-0.2, 0) is 0 Å². The van der Waals surface area contributed by atoms with Crippen LogP contribution in [0.3, 0.4) is 0 Å². The zero-order valence-corrected chi connectivity index (χ0v) is 7.75. The van der Waals surface area contributed by atoms with Crippen LogP contribution >= 0.6 is 11.3 Å². The van der Waals surface area contributed by atoms with Gasteiger partial charge in [0.1, 0.15) is 5.00 Å². The molecule has 0 saturated carbocycles. The molecule has 2 rings (SSSR count). The average Bonchev–Trinajstić information content (AvgIpc) is 2.42. The Kier molecular flexibility index (Phi) is 2.11. The normalized spacial score (nSPS) is 11.4. The fourth-order valence-electron chi connectivity index (χ4n) is 1.24. The SMILES string of the molecule is Nc1sc2cc(C(F)F)ccc2c1F. The number of rotatable bonds is 1. The van der Waals surface area contributed by atoms with Crippen LogP contribution in [0.2, 0.25) is 0 Å². The third-order valence-electron chi connectivity index (χ3n) is 1.93. The molecule has 0 radical (unpaired) electrons. The first kappa shape index (κ1) is 9.33. The second-order valence-corrected chi connectivity index (χ2v) is 3.92. The molecule has 0 aliphatic rings. The molecule has 1 aromatic heterocycles. The first-order valence-electron chi connectivity index (χ1n) is 3.85. The summed E-state index contributed by atoms with van der Waals surface area (Å²) in [5.74, 6) is -0.522. The van der Waals surface area contributed by atoms with Crippen molar-refractivity contribution in [2.45, 2.75) is 6.43 Å². The van der Waals surface area contributed by atoms with Crippen LogP contribution in [0.15, 0.2) is 18.2 Å². The van der Waals surface area contributed by atoms with Crippen LogP contribution in [0, 0.1) is 5.82 Å². The van der Waals surface area contributed by atoms with E-state index in [1.54, 1.807) is 0 Å². The predicted molar refractivity (Wildman–Crippen MR) is 51.2 cm³/mol. The van der Waals surface area contributed by atoms with E-state index in [-0.39, 0.29) is 10.6 Å². The van der Waals surface area contributed by atoms with Crippen molar-refractivity contribution in [2.75, 3.05) is 5.73 Å². The van der Waals surface area contributed by atoms with Crippen molar-refractivity contribution >= 4 is 26.4 Å². The van der Waals surface area contributed by atoms with E-state index in [0.717, 1.165) is 11.3 Å². The molecule has 74 valence electrons. The molecule has 1 nitrogen and oxygen atoms in total. The van der Waals surface area contributed by atoms with Gasteiger partial charge in [-0.25, -0.2) is 13.2 Å². The second kappa shape index (κ2) is 3.16. The number of halogens is 3. The number of alkyl halides is 2. The minimum atomic E-state index is -2.54. The lowest BCUT2D eigenvalue weighted by atomic mass is 10.2. The summed E-state index contributed by atoms with van der Waals surface area (Å²) in [5, 5.41) is 0.336. The smallest absolute Gasteiger partial charge is 0.263 e. The molecule has 0 aliphatic carbocycles. The lowest BCUT2D eigenvalue weighted by Crippen LogP contribution is -1.83. The lowest BCUT2D eigenvalue weighted by Gasteiger charge is -1.97. The fourth-order valence-corrected chi connectivity index (χ4v) is 2.14. The van der Waals surface area contributed by atoms with Crippen molar-refractivity contribution in [2.24, 2.45) is 0 Å². The number of benzene rings is 1. The quantitative estimate of drug-likeness (QED) is 0.776. The predicted octanol–water partition coefficient (Wildman–Crippen LogP) is 3.56. The minimum Gasteiger partial charge on any atom is -0.388 e. The number of hydrogen-bond acceptors (Lipinski definition) is 2. The summed E-state index contributed by atoms with van der Waals surface area (Å²) in [6, 6.07) is 3.81. The lowest BCUT2D eigenvalue weighted by molar-refractivity contribution is 0.151. The van der Waals surface area contributed by atoms with Gasteiger partial charge in [-0.3, -0.25) is 0 Å². The molecule has 0 bridgehead atoms. The Morgan fingerprint density at radius 1 is 1.29 bits per heavy atom. The van der Waals surface area contributed by atoms with Crippen molar-refractivity contribution in [1.82, 2.24) is 0 Å². The van der Waals surface area contributed by atoms with Crippen LogP contribution in [0.1, 0.15) is 12.0 Å². The number of thiophene rings is 1. The number of anilines is 1. The summed E-state index contributed by atoms with van der Waals surface area (Å²) in [6.45, 7) is 0. The molecule has 0 unspecified atom stereocenters. The second-order valence-electron chi connectivity index (χ2n) is 2.84. The van der Waals surface area contributed by atoms with E-state index in [2.05, 4.69) is 0 Å².